The van der Waals surface area contributed by atoms with Gasteiger partial charge in [-0.15, -0.1) is 0 Å². The van der Waals surface area contributed by atoms with Crippen LogP contribution in [0.3, 0.4) is 0 Å². The molecule has 2 nitrogen and oxygen atoms in total. The SMILES string of the molecule is CC(C=CC1=C(C)CCCC1(C)C)=CC=CC(C)=CC(=O)[O-].[K+]. The molecule has 0 amide bonds. The molecule has 0 bridgehead atoms. The van der Waals surface area contributed by atoms with Crippen LogP contribution in [-0.2, 0) is 4.79 Å². The Bertz CT molecular complexity index is 572. The van der Waals surface area contributed by atoms with Gasteiger partial charge in [0.05, 0.1) is 5.97 Å². The van der Waals surface area contributed by atoms with E-state index in [-0.39, 0.29) is 56.8 Å². The number of rotatable bonds is 5. The Morgan fingerprint density at radius 2 is 1.83 bits per heavy atom. The van der Waals surface area contributed by atoms with Crippen molar-refractivity contribution in [2.75, 3.05) is 0 Å². The summed E-state index contributed by atoms with van der Waals surface area (Å²) in [4.78, 5) is 10.4. The molecule has 0 aromatic heterocycles. The molecule has 0 spiro atoms. The first-order valence-corrected chi connectivity index (χ1v) is 7.85. The molecule has 0 radical (unpaired) electrons. The largest absolute Gasteiger partial charge is 1.00 e. The van der Waals surface area contributed by atoms with E-state index in [4.69, 9.17) is 0 Å². The van der Waals surface area contributed by atoms with Gasteiger partial charge >= 0.3 is 51.4 Å². The van der Waals surface area contributed by atoms with Gasteiger partial charge in [-0.25, -0.2) is 0 Å². The maximum absolute atomic E-state index is 10.4. The standard InChI is InChI=1S/C20H28O2.K/c1-15(8-6-9-16(2)14-19(21)22)11-12-18-17(3)10-7-13-20(18,4)5;/h6,8-9,11-12,14H,7,10,13H2,1-5H3,(H,21,22);/q;+1/p-1. The summed E-state index contributed by atoms with van der Waals surface area (Å²) in [5.41, 5.74) is 4.99. The van der Waals surface area contributed by atoms with Gasteiger partial charge in [-0.3, -0.25) is 0 Å². The van der Waals surface area contributed by atoms with Gasteiger partial charge in [0.15, 0.2) is 0 Å². The Morgan fingerprint density at radius 3 is 2.39 bits per heavy atom. The summed E-state index contributed by atoms with van der Waals surface area (Å²) in [6, 6.07) is 0. The molecule has 120 valence electrons. The maximum atomic E-state index is 10.4. The van der Waals surface area contributed by atoms with Crippen molar-refractivity contribution in [1.29, 1.82) is 0 Å². The zero-order valence-electron chi connectivity index (χ0n) is 15.4. The van der Waals surface area contributed by atoms with E-state index in [9.17, 15) is 9.90 Å². The van der Waals surface area contributed by atoms with Crippen LogP contribution in [0.5, 0.6) is 0 Å². The van der Waals surface area contributed by atoms with Crippen molar-refractivity contribution < 1.29 is 61.3 Å². The summed E-state index contributed by atoms with van der Waals surface area (Å²) in [6.07, 6.45) is 14.8. The Balaban J connectivity index is 0.00000484. The Kier molecular flexibility index (Phi) is 10.5. The van der Waals surface area contributed by atoms with Crippen LogP contribution in [0.15, 0.2) is 58.7 Å². The Hall–Kier alpha value is -0.194. The van der Waals surface area contributed by atoms with E-state index >= 15 is 0 Å². The second kappa shape index (κ2) is 10.6. The fraction of sp³-hybridized carbons (Fsp3) is 0.450. The van der Waals surface area contributed by atoms with E-state index in [0.29, 0.717) is 5.57 Å². The van der Waals surface area contributed by atoms with Gasteiger partial charge < -0.3 is 9.90 Å². The van der Waals surface area contributed by atoms with Gasteiger partial charge in [-0.05, 0) is 62.7 Å². The predicted molar refractivity (Wildman–Crippen MR) is 91.1 cm³/mol. The van der Waals surface area contributed by atoms with Crippen molar-refractivity contribution in [1.82, 2.24) is 0 Å². The summed E-state index contributed by atoms with van der Waals surface area (Å²) >= 11 is 0. The molecule has 1 aliphatic carbocycles. The van der Waals surface area contributed by atoms with Crippen LogP contribution >= 0.6 is 0 Å². The number of aliphatic carboxylic acids is 1. The predicted octanol–water partition coefficient (Wildman–Crippen LogP) is 1.27. The molecule has 0 saturated carbocycles. The zero-order valence-corrected chi connectivity index (χ0v) is 18.5. The van der Waals surface area contributed by atoms with E-state index in [1.54, 1.807) is 13.0 Å². The van der Waals surface area contributed by atoms with Crippen molar-refractivity contribution in [3.05, 3.63) is 58.7 Å². The van der Waals surface area contributed by atoms with Crippen LogP contribution in [0.1, 0.15) is 53.9 Å². The second-order valence-corrected chi connectivity index (χ2v) is 6.74. The number of hydrogen-bond acceptors (Lipinski definition) is 2. The summed E-state index contributed by atoms with van der Waals surface area (Å²) in [5.74, 6) is -1.16. The summed E-state index contributed by atoms with van der Waals surface area (Å²) in [6.45, 7) is 10.6. The van der Waals surface area contributed by atoms with Crippen LogP contribution in [0.2, 0.25) is 0 Å². The third-order valence-corrected chi connectivity index (χ3v) is 4.12. The zero-order chi connectivity index (χ0) is 16.8. The van der Waals surface area contributed by atoms with Crippen molar-refractivity contribution in [2.24, 2.45) is 5.41 Å². The molecule has 1 aliphatic rings. The molecule has 1 rings (SSSR count). The van der Waals surface area contributed by atoms with Crippen molar-refractivity contribution in [2.45, 2.75) is 53.9 Å². The van der Waals surface area contributed by atoms with E-state index in [1.807, 2.05) is 19.1 Å². The molecular weight excluding hydrogens is 311 g/mol. The van der Waals surface area contributed by atoms with Crippen molar-refractivity contribution >= 4 is 5.97 Å². The van der Waals surface area contributed by atoms with E-state index < -0.39 is 5.97 Å². The van der Waals surface area contributed by atoms with Gasteiger partial charge in [0, 0.05) is 0 Å². The number of hydrogen-bond donors (Lipinski definition) is 0. The average Bonchev–Trinajstić information content (AvgIpc) is 2.36. The van der Waals surface area contributed by atoms with Crippen molar-refractivity contribution in [3.63, 3.8) is 0 Å². The number of carboxylic acid groups (broad SMARTS) is 1. The topological polar surface area (TPSA) is 40.1 Å². The van der Waals surface area contributed by atoms with Crippen LogP contribution < -0.4 is 56.5 Å². The Morgan fingerprint density at radius 1 is 1.17 bits per heavy atom. The quantitative estimate of drug-likeness (QED) is 0.430. The molecule has 3 heteroatoms. The molecule has 0 heterocycles. The summed E-state index contributed by atoms with van der Waals surface area (Å²) < 4.78 is 0. The second-order valence-electron chi connectivity index (χ2n) is 6.74. The van der Waals surface area contributed by atoms with E-state index in [1.165, 1.54) is 30.4 Å². The van der Waals surface area contributed by atoms with Gasteiger partial charge in [-0.2, -0.15) is 0 Å². The first-order valence-electron chi connectivity index (χ1n) is 7.85. The van der Waals surface area contributed by atoms with Gasteiger partial charge in [-0.1, -0.05) is 55.4 Å². The van der Waals surface area contributed by atoms with Gasteiger partial charge in [0.25, 0.3) is 0 Å². The minimum absolute atomic E-state index is 0. The van der Waals surface area contributed by atoms with Gasteiger partial charge in [0.2, 0.25) is 0 Å². The van der Waals surface area contributed by atoms with Crippen LogP contribution in [0.25, 0.3) is 0 Å². The minimum atomic E-state index is -1.16. The number of carbonyl (C=O) groups excluding carboxylic acids is 1. The monoisotopic (exact) mass is 338 g/mol. The normalized spacial score (nSPS) is 19.3. The van der Waals surface area contributed by atoms with Crippen LogP contribution in [0.4, 0.5) is 0 Å². The molecule has 0 fully saturated rings. The number of carbonyl (C=O) groups is 1. The maximum Gasteiger partial charge on any atom is 1.00 e. The summed E-state index contributed by atoms with van der Waals surface area (Å²) in [5, 5.41) is 10.4. The first-order chi connectivity index (χ1) is 10.2. The summed E-state index contributed by atoms with van der Waals surface area (Å²) in [7, 11) is 0. The third kappa shape index (κ3) is 8.46. The van der Waals surface area contributed by atoms with E-state index in [2.05, 4.69) is 32.9 Å². The van der Waals surface area contributed by atoms with Crippen molar-refractivity contribution in [3.8, 4) is 0 Å². The average molecular weight is 339 g/mol. The van der Waals surface area contributed by atoms with Crippen LogP contribution in [0, 0.1) is 5.41 Å². The molecule has 23 heavy (non-hydrogen) atoms. The minimum Gasteiger partial charge on any atom is -0.545 e. The van der Waals surface area contributed by atoms with Crippen LogP contribution in [-0.4, -0.2) is 5.97 Å². The Labute approximate surface area is 183 Å². The third-order valence-electron chi connectivity index (χ3n) is 4.12. The van der Waals surface area contributed by atoms with Gasteiger partial charge in [0.1, 0.15) is 0 Å². The number of allylic oxidation sites excluding steroid dienone is 9. The first kappa shape index (κ1) is 22.8. The fourth-order valence-corrected chi connectivity index (χ4v) is 2.87. The van der Waals surface area contributed by atoms with E-state index in [0.717, 1.165) is 11.6 Å². The molecule has 0 aromatic rings. The molecule has 0 saturated heterocycles. The smallest absolute Gasteiger partial charge is 0.545 e. The molecule has 0 N–H and O–H groups in total. The molecule has 0 atom stereocenters. The molecular formula is C20H27KO2. The fourth-order valence-electron chi connectivity index (χ4n) is 2.87. The molecule has 0 unspecified atom stereocenters. The molecule has 0 aliphatic heterocycles. The number of carboxylic acids is 1. The molecule has 0 aromatic carbocycles.